The molecule has 0 bridgehead atoms. The highest BCUT2D eigenvalue weighted by Crippen LogP contribution is 2.12. The van der Waals surface area contributed by atoms with Crippen molar-refractivity contribution in [1.29, 1.82) is 0 Å². The lowest BCUT2D eigenvalue weighted by Crippen LogP contribution is -2.53. The van der Waals surface area contributed by atoms with Crippen LogP contribution >= 0.6 is 0 Å². The number of rotatable bonds is 4. The second-order valence-corrected chi connectivity index (χ2v) is 3.73. The van der Waals surface area contributed by atoms with E-state index >= 15 is 0 Å². The van der Waals surface area contributed by atoms with E-state index in [-0.39, 0.29) is 17.9 Å². The van der Waals surface area contributed by atoms with E-state index in [1.165, 1.54) is 0 Å². The fourth-order valence-electron chi connectivity index (χ4n) is 1.47. The van der Waals surface area contributed by atoms with Crippen molar-refractivity contribution >= 4 is 11.8 Å². The predicted molar refractivity (Wildman–Crippen MR) is 54.8 cm³/mol. The minimum atomic E-state index is -0.539. The van der Waals surface area contributed by atoms with Crippen molar-refractivity contribution in [3.8, 4) is 0 Å². The van der Waals surface area contributed by atoms with Crippen LogP contribution in [0.5, 0.6) is 0 Å². The van der Waals surface area contributed by atoms with Crippen molar-refractivity contribution in [3.63, 3.8) is 0 Å². The Morgan fingerprint density at radius 3 is 2.87 bits per heavy atom. The van der Waals surface area contributed by atoms with Gasteiger partial charge in [0.1, 0.15) is 6.73 Å². The van der Waals surface area contributed by atoms with Gasteiger partial charge in [-0.3, -0.25) is 14.5 Å². The molecule has 0 spiro atoms. The fourth-order valence-corrected chi connectivity index (χ4v) is 1.47. The van der Waals surface area contributed by atoms with Gasteiger partial charge in [0.2, 0.25) is 11.8 Å². The lowest BCUT2D eigenvalue weighted by atomic mass is 10.0. The number of nitrogens with zero attached hydrogens (tertiary/aromatic N) is 1. The molecule has 0 aliphatic carbocycles. The first-order valence-corrected chi connectivity index (χ1v) is 4.89. The Balaban J connectivity index is 2.57. The molecule has 0 aromatic heterocycles. The largest absolute Gasteiger partial charge is 0.376 e. The maximum absolute atomic E-state index is 11.6. The molecule has 1 unspecified atom stereocenters. The van der Waals surface area contributed by atoms with Crippen LogP contribution in [0.15, 0.2) is 12.2 Å². The summed E-state index contributed by atoms with van der Waals surface area (Å²) in [4.78, 5) is 23.7. The molecular weight excluding hydrogens is 196 g/mol. The third-order valence-corrected chi connectivity index (χ3v) is 2.30. The molecule has 0 saturated carbocycles. The first kappa shape index (κ1) is 11.9. The third kappa shape index (κ3) is 2.87. The summed E-state index contributed by atoms with van der Waals surface area (Å²) in [6.07, 6.45) is 0.779. The Bertz CT molecular complexity index is 288. The molecule has 0 radical (unpaired) electrons. The predicted octanol–water partition coefficient (Wildman–Crippen LogP) is -0.381. The van der Waals surface area contributed by atoms with Gasteiger partial charge in [-0.1, -0.05) is 12.2 Å². The number of piperidine rings is 1. The monoisotopic (exact) mass is 212 g/mol. The van der Waals surface area contributed by atoms with Crippen LogP contribution in [0.4, 0.5) is 0 Å². The highest BCUT2D eigenvalue weighted by Gasteiger charge is 2.33. The van der Waals surface area contributed by atoms with Crippen LogP contribution in [0.25, 0.3) is 0 Å². The van der Waals surface area contributed by atoms with Crippen molar-refractivity contribution in [3.05, 3.63) is 12.2 Å². The van der Waals surface area contributed by atoms with E-state index < -0.39 is 6.73 Å². The SMILES string of the molecule is C=C(C)CNC1CCC(=O)N(CO)C1=O. The Labute approximate surface area is 88.8 Å². The van der Waals surface area contributed by atoms with Gasteiger partial charge in [-0.25, -0.2) is 0 Å². The number of aliphatic hydroxyl groups is 1. The molecule has 1 atom stereocenters. The van der Waals surface area contributed by atoms with Crippen molar-refractivity contribution in [2.75, 3.05) is 13.3 Å². The van der Waals surface area contributed by atoms with Crippen LogP contribution in [0.3, 0.4) is 0 Å². The molecule has 0 aromatic carbocycles. The molecule has 1 saturated heterocycles. The van der Waals surface area contributed by atoms with Gasteiger partial charge in [-0.05, 0) is 13.3 Å². The van der Waals surface area contributed by atoms with Gasteiger partial charge in [0.25, 0.3) is 0 Å². The molecule has 1 fully saturated rings. The number of amides is 2. The van der Waals surface area contributed by atoms with E-state index in [0.717, 1.165) is 10.5 Å². The van der Waals surface area contributed by atoms with E-state index in [1.54, 1.807) is 0 Å². The number of hydrogen-bond acceptors (Lipinski definition) is 4. The van der Waals surface area contributed by atoms with E-state index in [1.807, 2.05) is 6.92 Å². The quantitative estimate of drug-likeness (QED) is 0.492. The lowest BCUT2D eigenvalue weighted by molar-refractivity contribution is -0.154. The lowest BCUT2D eigenvalue weighted by Gasteiger charge is -2.29. The fraction of sp³-hybridized carbons (Fsp3) is 0.600. The topological polar surface area (TPSA) is 69.6 Å². The second-order valence-electron chi connectivity index (χ2n) is 3.73. The summed E-state index contributed by atoms with van der Waals surface area (Å²) in [6.45, 7) is 5.58. The number of carbonyl (C=O) groups excluding carboxylic acids is 2. The number of likely N-dealkylation sites (tertiary alicyclic amines) is 1. The molecule has 2 amide bonds. The van der Waals surface area contributed by atoms with Crippen molar-refractivity contribution in [2.45, 2.75) is 25.8 Å². The average molecular weight is 212 g/mol. The minimum absolute atomic E-state index is 0.292. The molecular formula is C10H16N2O3. The van der Waals surface area contributed by atoms with Gasteiger partial charge >= 0.3 is 0 Å². The normalized spacial score (nSPS) is 22.0. The van der Waals surface area contributed by atoms with Crippen molar-refractivity contribution in [1.82, 2.24) is 10.2 Å². The number of aliphatic hydroxyl groups excluding tert-OH is 1. The molecule has 84 valence electrons. The highest BCUT2D eigenvalue weighted by molar-refractivity contribution is 6.00. The third-order valence-electron chi connectivity index (χ3n) is 2.30. The zero-order valence-electron chi connectivity index (χ0n) is 8.82. The maximum Gasteiger partial charge on any atom is 0.248 e. The molecule has 1 aliphatic rings. The van der Waals surface area contributed by atoms with Crippen molar-refractivity contribution < 1.29 is 14.7 Å². The van der Waals surface area contributed by atoms with Gasteiger partial charge in [0, 0.05) is 13.0 Å². The first-order chi connectivity index (χ1) is 7.06. The van der Waals surface area contributed by atoms with E-state index in [9.17, 15) is 9.59 Å². The molecule has 15 heavy (non-hydrogen) atoms. The molecule has 1 heterocycles. The zero-order valence-corrected chi connectivity index (χ0v) is 8.82. The van der Waals surface area contributed by atoms with Gasteiger partial charge in [0.15, 0.2) is 0 Å². The van der Waals surface area contributed by atoms with Gasteiger partial charge in [0.05, 0.1) is 6.04 Å². The summed E-state index contributed by atoms with van der Waals surface area (Å²) in [5, 5.41) is 11.9. The van der Waals surface area contributed by atoms with Crippen LogP contribution < -0.4 is 5.32 Å². The number of nitrogens with one attached hydrogen (secondary N) is 1. The summed E-state index contributed by atoms with van der Waals surface area (Å²) in [6, 6.07) is -0.383. The first-order valence-electron chi connectivity index (χ1n) is 4.89. The van der Waals surface area contributed by atoms with E-state index in [4.69, 9.17) is 5.11 Å². The van der Waals surface area contributed by atoms with E-state index in [0.29, 0.717) is 19.4 Å². The van der Waals surface area contributed by atoms with Crippen LogP contribution in [0, 0.1) is 0 Å². The smallest absolute Gasteiger partial charge is 0.248 e. The molecule has 1 rings (SSSR count). The van der Waals surface area contributed by atoms with Crippen LogP contribution in [0.2, 0.25) is 0 Å². The molecule has 1 aliphatic heterocycles. The van der Waals surface area contributed by atoms with Gasteiger partial charge < -0.3 is 10.4 Å². The summed E-state index contributed by atoms with van der Waals surface area (Å²) >= 11 is 0. The maximum atomic E-state index is 11.6. The number of carbonyl (C=O) groups is 2. The zero-order chi connectivity index (χ0) is 11.4. The summed E-state index contributed by atoms with van der Waals surface area (Å²) in [7, 11) is 0. The van der Waals surface area contributed by atoms with Crippen molar-refractivity contribution in [2.24, 2.45) is 0 Å². The van der Waals surface area contributed by atoms with Crippen LogP contribution in [-0.2, 0) is 9.59 Å². The Hall–Kier alpha value is -1.20. The molecule has 5 heteroatoms. The van der Waals surface area contributed by atoms with Gasteiger partial charge in [-0.2, -0.15) is 0 Å². The Morgan fingerprint density at radius 2 is 2.33 bits per heavy atom. The van der Waals surface area contributed by atoms with Gasteiger partial charge in [-0.15, -0.1) is 0 Å². The second kappa shape index (κ2) is 5.04. The summed E-state index contributed by atoms with van der Waals surface area (Å²) in [5.74, 6) is -0.661. The molecule has 0 aromatic rings. The number of imide groups is 1. The van der Waals surface area contributed by atoms with Crippen LogP contribution in [-0.4, -0.2) is 41.1 Å². The van der Waals surface area contributed by atoms with Crippen LogP contribution in [0.1, 0.15) is 19.8 Å². The molecule has 5 nitrogen and oxygen atoms in total. The standard InChI is InChI=1S/C10H16N2O3/c1-7(2)5-11-8-3-4-9(14)12(6-13)10(8)15/h8,11,13H,1,3-6H2,2H3. The molecule has 2 N–H and O–H groups in total. The Kier molecular flexibility index (Phi) is 3.99. The average Bonchev–Trinajstić information content (AvgIpc) is 2.17. The van der Waals surface area contributed by atoms with E-state index in [2.05, 4.69) is 11.9 Å². The summed E-state index contributed by atoms with van der Waals surface area (Å²) < 4.78 is 0. The summed E-state index contributed by atoms with van der Waals surface area (Å²) in [5.41, 5.74) is 0.926. The highest BCUT2D eigenvalue weighted by atomic mass is 16.3. The Morgan fingerprint density at radius 1 is 1.67 bits per heavy atom. The minimum Gasteiger partial charge on any atom is -0.376 e. The number of hydrogen-bond donors (Lipinski definition) is 2.